The van der Waals surface area contributed by atoms with Crippen LogP contribution in [0.25, 0.3) is 0 Å². The van der Waals surface area contributed by atoms with E-state index in [0.29, 0.717) is 44.5 Å². The molecule has 0 heterocycles. The van der Waals surface area contributed by atoms with E-state index in [1.807, 2.05) is 58.0 Å². The molecule has 0 saturated carbocycles. The number of hydrogen-bond acceptors (Lipinski definition) is 10. The predicted molar refractivity (Wildman–Crippen MR) is 177 cm³/mol. The molecule has 1 aromatic rings. The number of esters is 1. The van der Waals surface area contributed by atoms with Gasteiger partial charge in [0.1, 0.15) is 0 Å². The molecule has 0 radical (unpaired) electrons. The van der Waals surface area contributed by atoms with E-state index in [-0.39, 0.29) is 5.97 Å². The van der Waals surface area contributed by atoms with E-state index in [4.69, 9.17) is 45.6 Å². The third-order valence-corrected chi connectivity index (χ3v) is 12.0. The number of alkyl halides is 3. The number of carboxylic acids is 1. The molecule has 1 rings (SSSR count). The molecule has 0 amide bonds. The highest BCUT2D eigenvalue weighted by molar-refractivity contribution is 6.75. The first-order chi connectivity index (χ1) is 21.3. The standard InChI is InChI=1S/C13H26O5Si.C9H14O3Si.C5H14OSi.C2HF3O2/c1-6-16-19(17-7-2,18-8-3)11-9-10-15-13(14)12(4)5;1-10-13(11-2,12-3)9-7-5-4-6-8-9;1-5-6-7(2,3)4;3-2(4,5)1(6)7/h4,6-11H2,1-3,5H3;4-8H,1-3H3;5H2,1-4H3;(H,6,7). The third kappa shape index (κ3) is 23.4. The fraction of sp³-hybridized carbons (Fsp3) is 0.655. The third-order valence-electron chi connectivity index (χ3n) is 5.06. The second kappa shape index (κ2) is 26.1. The lowest BCUT2D eigenvalue weighted by Gasteiger charge is -2.28. The lowest BCUT2D eigenvalue weighted by Crippen LogP contribution is -2.54. The quantitative estimate of drug-likeness (QED) is 0.0907. The highest BCUT2D eigenvalue weighted by Gasteiger charge is 2.41. The zero-order valence-electron chi connectivity index (χ0n) is 29.2. The van der Waals surface area contributed by atoms with Crippen LogP contribution in [0.15, 0.2) is 42.5 Å². The first-order valence-corrected chi connectivity index (χ1v) is 21.8. The maximum Gasteiger partial charge on any atom is 0.536 e. The molecule has 17 heteroatoms. The van der Waals surface area contributed by atoms with Gasteiger partial charge in [-0.1, -0.05) is 36.9 Å². The summed E-state index contributed by atoms with van der Waals surface area (Å²) in [7, 11) is -1.55. The maximum absolute atomic E-state index is 11.2. The smallest absolute Gasteiger partial charge is 0.475 e. The fourth-order valence-corrected chi connectivity index (χ4v) is 8.51. The maximum atomic E-state index is 11.2. The van der Waals surface area contributed by atoms with Gasteiger partial charge in [0.05, 0.1) is 6.61 Å². The molecule has 0 aliphatic rings. The Morgan fingerprint density at radius 1 is 0.804 bits per heavy atom. The molecule has 0 saturated heterocycles. The molecule has 0 aliphatic heterocycles. The Bertz CT molecular complexity index is 919. The summed E-state index contributed by atoms with van der Waals surface area (Å²) >= 11 is 0. The molecule has 46 heavy (non-hydrogen) atoms. The Labute approximate surface area is 276 Å². The molecule has 0 spiro atoms. The molecule has 11 nitrogen and oxygen atoms in total. The second-order valence-electron chi connectivity index (χ2n) is 9.88. The van der Waals surface area contributed by atoms with Crippen LogP contribution in [-0.2, 0) is 45.3 Å². The number of aliphatic carboxylic acids is 1. The van der Waals surface area contributed by atoms with Crippen molar-refractivity contribution >= 4 is 43.1 Å². The fourth-order valence-electron chi connectivity index (χ4n) is 3.26. The molecule has 0 unspecified atom stereocenters. The minimum absolute atomic E-state index is 0.327. The van der Waals surface area contributed by atoms with Gasteiger partial charge < -0.3 is 40.8 Å². The summed E-state index contributed by atoms with van der Waals surface area (Å²) in [5, 5.41) is 8.10. The van der Waals surface area contributed by atoms with E-state index in [2.05, 4.69) is 26.2 Å². The van der Waals surface area contributed by atoms with Crippen LogP contribution in [0, 0.1) is 0 Å². The van der Waals surface area contributed by atoms with Gasteiger partial charge in [0, 0.05) is 64.6 Å². The van der Waals surface area contributed by atoms with Crippen LogP contribution in [0.1, 0.15) is 41.0 Å². The zero-order chi connectivity index (χ0) is 36.5. The van der Waals surface area contributed by atoms with Crippen LogP contribution < -0.4 is 5.19 Å². The molecule has 270 valence electrons. The summed E-state index contributed by atoms with van der Waals surface area (Å²) in [4.78, 5) is 20.1. The van der Waals surface area contributed by atoms with Gasteiger partial charge in [-0.3, -0.25) is 0 Å². The van der Waals surface area contributed by atoms with E-state index in [1.54, 1.807) is 28.3 Å². The number of hydrogen-bond donors (Lipinski definition) is 1. The summed E-state index contributed by atoms with van der Waals surface area (Å²) in [6, 6.07) is 10.4. The van der Waals surface area contributed by atoms with Crippen molar-refractivity contribution in [3.8, 4) is 0 Å². The predicted octanol–water partition coefficient (Wildman–Crippen LogP) is 5.81. The van der Waals surface area contributed by atoms with Gasteiger partial charge in [-0.15, -0.1) is 0 Å². The first kappa shape index (κ1) is 48.5. The van der Waals surface area contributed by atoms with E-state index in [9.17, 15) is 18.0 Å². The van der Waals surface area contributed by atoms with E-state index in [0.717, 1.165) is 11.8 Å². The number of halogens is 3. The first-order valence-electron chi connectivity index (χ1n) is 14.7. The molecule has 0 atom stereocenters. The highest BCUT2D eigenvalue weighted by atomic mass is 28.4. The molecular formula is C29H55F3O11Si3. The topological polar surface area (TPSA) is 128 Å². The van der Waals surface area contributed by atoms with Crippen molar-refractivity contribution < 1.29 is 63.6 Å². The van der Waals surface area contributed by atoms with Gasteiger partial charge in [-0.2, -0.15) is 13.2 Å². The molecular weight excluding hydrogens is 666 g/mol. The van der Waals surface area contributed by atoms with Crippen LogP contribution in [0.2, 0.25) is 25.7 Å². The molecule has 1 aromatic carbocycles. The summed E-state index contributed by atoms with van der Waals surface area (Å²) in [5.74, 6) is -3.12. The van der Waals surface area contributed by atoms with E-state index in [1.165, 1.54) is 0 Å². The SMILES string of the molecule is C=C(C)C(=O)OCCC[Si](OCC)(OCC)OCC.CCO[Si](C)(C)C.CO[Si](OC)(OC)c1ccccc1.O=C(O)C(F)(F)F. The van der Waals surface area contributed by atoms with Crippen molar-refractivity contribution in [3.05, 3.63) is 42.5 Å². The van der Waals surface area contributed by atoms with Crippen molar-refractivity contribution in [1.29, 1.82) is 0 Å². The lowest BCUT2D eigenvalue weighted by molar-refractivity contribution is -0.192. The van der Waals surface area contributed by atoms with Crippen LogP contribution in [0.3, 0.4) is 0 Å². The Morgan fingerprint density at radius 2 is 1.20 bits per heavy atom. The number of benzene rings is 1. The van der Waals surface area contributed by atoms with Crippen molar-refractivity contribution in [2.24, 2.45) is 0 Å². The molecule has 1 N–H and O–H groups in total. The summed E-state index contributed by atoms with van der Waals surface area (Å²) in [5.41, 5.74) is 0.405. The Balaban J connectivity index is -0.000000588. The normalized spacial score (nSPS) is 11.5. The molecule has 0 aromatic heterocycles. The Hall–Kier alpha value is -1.94. The highest BCUT2D eigenvalue weighted by Crippen LogP contribution is 2.18. The van der Waals surface area contributed by atoms with Crippen molar-refractivity contribution in [2.45, 2.75) is 72.9 Å². The number of carbonyl (C=O) groups is 2. The number of carboxylic acid groups (broad SMARTS) is 1. The van der Waals surface area contributed by atoms with Gasteiger partial charge in [-0.05, 0) is 60.7 Å². The summed E-state index contributed by atoms with van der Waals surface area (Å²) in [6.07, 6.45) is -4.43. The van der Waals surface area contributed by atoms with Crippen LogP contribution in [-0.4, -0.2) is 104 Å². The van der Waals surface area contributed by atoms with Gasteiger partial charge in [-0.25, -0.2) is 9.59 Å². The van der Waals surface area contributed by atoms with Crippen molar-refractivity contribution in [3.63, 3.8) is 0 Å². The van der Waals surface area contributed by atoms with Crippen molar-refractivity contribution in [2.75, 3.05) is 54.4 Å². The summed E-state index contributed by atoms with van der Waals surface area (Å²) in [6.45, 7) is 22.4. The lowest BCUT2D eigenvalue weighted by atomic mass is 10.4. The molecule has 0 aliphatic carbocycles. The average Bonchev–Trinajstić information content (AvgIpc) is 2.97. The van der Waals surface area contributed by atoms with E-state index >= 15 is 0 Å². The Morgan fingerprint density at radius 3 is 1.46 bits per heavy atom. The van der Waals surface area contributed by atoms with Gasteiger partial charge in [0.25, 0.3) is 0 Å². The van der Waals surface area contributed by atoms with Crippen LogP contribution in [0.4, 0.5) is 13.2 Å². The number of rotatable bonds is 17. The van der Waals surface area contributed by atoms with Gasteiger partial charge >= 0.3 is 35.7 Å². The van der Waals surface area contributed by atoms with Crippen LogP contribution >= 0.6 is 0 Å². The molecule has 0 fully saturated rings. The minimum atomic E-state index is -5.08. The van der Waals surface area contributed by atoms with Crippen molar-refractivity contribution in [1.82, 2.24) is 0 Å². The minimum Gasteiger partial charge on any atom is -0.475 e. The van der Waals surface area contributed by atoms with Gasteiger partial charge in [0.15, 0.2) is 8.32 Å². The van der Waals surface area contributed by atoms with Crippen LogP contribution in [0.5, 0.6) is 0 Å². The monoisotopic (exact) mass is 720 g/mol. The largest absolute Gasteiger partial charge is 0.536 e. The Kier molecular flexibility index (Phi) is 27.5. The zero-order valence-corrected chi connectivity index (χ0v) is 32.2. The summed E-state index contributed by atoms with van der Waals surface area (Å²) < 4.78 is 75.2. The molecule has 0 bridgehead atoms. The van der Waals surface area contributed by atoms with Gasteiger partial charge in [0.2, 0.25) is 0 Å². The number of ether oxygens (including phenoxy) is 1. The van der Waals surface area contributed by atoms with E-state index < -0.39 is 38.1 Å². The average molecular weight is 721 g/mol. The second-order valence-corrected chi connectivity index (χ2v) is 20.0. The number of carbonyl (C=O) groups excluding carboxylic acids is 1.